The van der Waals surface area contributed by atoms with Crippen LogP contribution in [0.4, 0.5) is 9.18 Å². The molecule has 1 heterocycles. The van der Waals surface area contributed by atoms with Crippen molar-refractivity contribution < 1.29 is 22.3 Å². The van der Waals surface area contributed by atoms with E-state index in [4.69, 9.17) is 4.74 Å². The average molecular weight is 392 g/mol. The first-order valence-corrected chi connectivity index (χ1v) is 10.2. The van der Waals surface area contributed by atoms with Crippen molar-refractivity contribution >= 4 is 15.9 Å². The van der Waals surface area contributed by atoms with Gasteiger partial charge in [0.05, 0.1) is 18.1 Å². The highest BCUT2D eigenvalue weighted by atomic mass is 32.2. The summed E-state index contributed by atoms with van der Waals surface area (Å²) < 4.78 is 44.7. The molecule has 6 nitrogen and oxygen atoms in total. The summed E-state index contributed by atoms with van der Waals surface area (Å²) >= 11 is 0. The lowest BCUT2D eigenvalue weighted by molar-refractivity contribution is 0.0532. The van der Waals surface area contributed by atoms with Crippen molar-refractivity contribution in [2.75, 3.05) is 32.8 Å². The largest absolute Gasteiger partial charge is 0.378 e. The lowest BCUT2D eigenvalue weighted by Crippen LogP contribution is -2.47. The van der Waals surface area contributed by atoms with Gasteiger partial charge in [-0.2, -0.15) is 0 Å². The standard InChI is InChI=1S/C19H21FN2O4S/c20-16-6-8-17(9-7-16)27(24,25)18(15-4-2-1-3-5-15)14-21-19(23)22-10-12-26-13-11-22/h1-9,18H,10-14H2,(H,21,23). The predicted molar refractivity (Wildman–Crippen MR) is 98.6 cm³/mol. The van der Waals surface area contributed by atoms with Crippen LogP contribution in [0.3, 0.4) is 0 Å². The minimum Gasteiger partial charge on any atom is -0.378 e. The van der Waals surface area contributed by atoms with Crippen molar-refractivity contribution in [1.82, 2.24) is 10.2 Å². The van der Waals surface area contributed by atoms with Crippen LogP contribution >= 0.6 is 0 Å². The first-order valence-electron chi connectivity index (χ1n) is 8.63. The molecule has 0 spiro atoms. The second-order valence-electron chi connectivity index (χ2n) is 6.18. The van der Waals surface area contributed by atoms with E-state index in [0.29, 0.717) is 31.9 Å². The lowest BCUT2D eigenvalue weighted by atomic mass is 10.1. The molecule has 1 saturated heterocycles. The Kier molecular flexibility index (Phi) is 6.08. The Hall–Kier alpha value is -2.45. The maximum atomic E-state index is 13.2. The maximum Gasteiger partial charge on any atom is 0.317 e. The van der Waals surface area contributed by atoms with E-state index < -0.39 is 20.9 Å². The molecule has 1 N–H and O–H groups in total. The summed E-state index contributed by atoms with van der Waals surface area (Å²) in [5.74, 6) is -0.508. The molecular formula is C19H21FN2O4S. The number of urea groups is 1. The Morgan fingerprint density at radius 1 is 1.07 bits per heavy atom. The van der Waals surface area contributed by atoms with Crippen LogP contribution in [-0.2, 0) is 14.6 Å². The van der Waals surface area contributed by atoms with Gasteiger partial charge in [0, 0.05) is 19.6 Å². The zero-order chi connectivity index (χ0) is 19.3. The highest BCUT2D eigenvalue weighted by Crippen LogP contribution is 2.28. The molecule has 1 fully saturated rings. The van der Waals surface area contributed by atoms with Crippen LogP contribution in [0.25, 0.3) is 0 Å². The van der Waals surface area contributed by atoms with Crippen molar-refractivity contribution in [2.45, 2.75) is 10.1 Å². The Balaban J connectivity index is 1.83. The van der Waals surface area contributed by atoms with E-state index in [1.165, 1.54) is 12.1 Å². The summed E-state index contributed by atoms with van der Waals surface area (Å²) in [6.07, 6.45) is 0. The number of ether oxygens (including phenoxy) is 1. The first kappa shape index (κ1) is 19.3. The fourth-order valence-corrected chi connectivity index (χ4v) is 4.58. The van der Waals surface area contributed by atoms with E-state index in [2.05, 4.69) is 5.32 Å². The summed E-state index contributed by atoms with van der Waals surface area (Å²) in [5, 5.41) is 1.74. The molecule has 0 aliphatic carbocycles. The highest BCUT2D eigenvalue weighted by Gasteiger charge is 2.30. The zero-order valence-corrected chi connectivity index (χ0v) is 15.5. The van der Waals surface area contributed by atoms with Gasteiger partial charge in [0.15, 0.2) is 9.84 Å². The molecule has 1 aliphatic rings. The third-order valence-corrected chi connectivity index (χ3v) is 6.54. The van der Waals surface area contributed by atoms with Crippen LogP contribution in [0.15, 0.2) is 59.5 Å². The molecule has 2 aromatic rings. The smallest absolute Gasteiger partial charge is 0.317 e. The van der Waals surface area contributed by atoms with Gasteiger partial charge in [-0.1, -0.05) is 30.3 Å². The Labute approximate surface area is 157 Å². The van der Waals surface area contributed by atoms with Crippen molar-refractivity contribution in [3.8, 4) is 0 Å². The number of benzene rings is 2. The number of amides is 2. The van der Waals surface area contributed by atoms with Gasteiger partial charge in [-0.15, -0.1) is 0 Å². The highest BCUT2D eigenvalue weighted by molar-refractivity contribution is 7.91. The Morgan fingerprint density at radius 3 is 2.33 bits per heavy atom. The molecule has 8 heteroatoms. The monoisotopic (exact) mass is 392 g/mol. The average Bonchev–Trinajstić information content (AvgIpc) is 2.69. The molecule has 0 bridgehead atoms. The number of halogens is 1. The number of nitrogens with one attached hydrogen (secondary N) is 1. The summed E-state index contributed by atoms with van der Waals surface area (Å²) in [7, 11) is -3.82. The number of morpholine rings is 1. The molecule has 0 aromatic heterocycles. The topological polar surface area (TPSA) is 75.7 Å². The molecular weight excluding hydrogens is 371 g/mol. The van der Waals surface area contributed by atoms with E-state index in [-0.39, 0.29) is 17.5 Å². The van der Waals surface area contributed by atoms with Gasteiger partial charge in [-0.3, -0.25) is 0 Å². The molecule has 3 rings (SSSR count). The Morgan fingerprint density at radius 2 is 1.70 bits per heavy atom. The fourth-order valence-electron chi connectivity index (χ4n) is 2.92. The summed E-state index contributed by atoms with van der Waals surface area (Å²) in [4.78, 5) is 14.0. The number of hydrogen-bond donors (Lipinski definition) is 1. The number of carbonyl (C=O) groups is 1. The minimum atomic E-state index is -3.82. The van der Waals surface area contributed by atoms with Gasteiger partial charge in [0.2, 0.25) is 0 Å². The van der Waals surface area contributed by atoms with Crippen molar-refractivity contribution in [3.63, 3.8) is 0 Å². The SMILES string of the molecule is O=C(NCC(c1ccccc1)S(=O)(=O)c1ccc(F)cc1)N1CCOCC1. The third-order valence-electron chi connectivity index (χ3n) is 4.43. The number of sulfone groups is 1. The molecule has 2 amide bonds. The fraction of sp³-hybridized carbons (Fsp3) is 0.316. The third kappa shape index (κ3) is 4.64. The van der Waals surface area contributed by atoms with Crippen molar-refractivity contribution in [3.05, 3.63) is 66.0 Å². The molecule has 1 atom stereocenters. The predicted octanol–water partition coefficient (Wildman–Crippen LogP) is 2.38. The number of carbonyl (C=O) groups excluding carboxylic acids is 1. The van der Waals surface area contributed by atoms with E-state index in [0.717, 1.165) is 12.1 Å². The molecule has 2 aromatic carbocycles. The van der Waals surface area contributed by atoms with Gasteiger partial charge >= 0.3 is 6.03 Å². The summed E-state index contributed by atoms with van der Waals surface area (Å²) in [6.45, 7) is 1.77. The lowest BCUT2D eigenvalue weighted by Gasteiger charge is -2.28. The van der Waals surface area contributed by atoms with Gasteiger partial charge in [0.25, 0.3) is 0 Å². The molecule has 144 valence electrons. The first-order chi connectivity index (χ1) is 13.0. The molecule has 0 saturated carbocycles. The van der Waals surface area contributed by atoms with Crippen LogP contribution in [0.1, 0.15) is 10.8 Å². The van der Waals surface area contributed by atoms with Gasteiger partial charge < -0.3 is 15.0 Å². The number of nitrogens with zero attached hydrogens (tertiary/aromatic N) is 1. The van der Waals surface area contributed by atoms with Gasteiger partial charge in [-0.25, -0.2) is 17.6 Å². The van der Waals surface area contributed by atoms with Crippen LogP contribution in [-0.4, -0.2) is 52.2 Å². The van der Waals surface area contributed by atoms with Gasteiger partial charge in [0.1, 0.15) is 11.1 Å². The van der Waals surface area contributed by atoms with Crippen molar-refractivity contribution in [2.24, 2.45) is 0 Å². The maximum absolute atomic E-state index is 13.2. The second kappa shape index (κ2) is 8.49. The summed E-state index contributed by atoms with van der Waals surface area (Å²) in [5.41, 5.74) is 0.559. The van der Waals surface area contributed by atoms with E-state index in [9.17, 15) is 17.6 Å². The molecule has 27 heavy (non-hydrogen) atoms. The van der Waals surface area contributed by atoms with Crippen LogP contribution in [0.2, 0.25) is 0 Å². The molecule has 1 aliphatic heterocycles. The second-order valence-corrected chi connectivity index (χ2v) is 8.31. The minimum absolute atomic E-state index is 0.0124. The normalized spacial score (nSPS) is 16.0. The van der Waals surface area contributed by atoms with E-state index >= 15 is 0 Å². The Bertz CT molecular complexity index is 866. The van der Waals surface area contributed by atoms with Crippen molar-refractivity contribution in [1.29, 1.82) is 0 Å². The van der Waals surface area contributed by atoms with Gasteiger partial charge in [-0.05, 0) is 29.8 Å². The summed E-state index contributed by atoms with van der Waals surface area (Å²) in [6, 6.07) is 13.1. The van der Waals surface area contributed by atoms with Crippen LogP contribution in [0.5, 0.6) is 0 Å². The quantitative estimate of drug-likeness (QED) is 0.793. The van der Waals surface area contributed by atoms with E-state index in [1.807, 2.05) is 0 Å². The zero-order valence-electron chi connectivity index (χ0n) is 14.7. The van der Waals surface area contributed by atoms with Crippen LogP contribution in [0, 0.1) is 5.82 Å². The number of rotatable bonds is 5. The molecule has 0 radical (unpaired) electrons. The van der Waals surface area contributed by atoms with E-state index in [1.54, 1.807) is 35.2 Å². The molecule has 1 unspecified atom stereocenters. The number of hydrogen-bond acceptors (Lipinski definition) is 4. The van der Waals surface area contributed by atoms with Crippen LogP contribution < -0.4 is 5.32 Å².